The van der Waals surface area contributed by atoms with Crippen molar-refractivity contribution in [2.24, 2.45) is 0 Å². The number of nitrogens with zero attached hydrogens (tertiary/aromatic N) is 2. The average molecular weight is 340 g/mol. The maximum Gasteiger partial charge on any atom is 0.221 e. The van der Waals surface area contributed by atoms with Crippen LogP contribution in [0.3, 0.4) is 0 Å². The van der Waals surface area contributed by atoms with Gasteiger partial charge < -0.3 is 15.0 Å². The van der Waals surface area contributed by atoms with Crippen molar-refractivity contribution in [3.05, 3.63) is 34.9 Å². The quantitative estimate of drug-likeness (QED) is 0.819. The van der Waals surface area contributed by atoms with E-state index in [0.29, 0.717) is 18.0 Å². The van der Waals surface area contributed by atoms with Crippen molar-refractivity contribution in [3.8, 4) is 0 Å². The number of carbonyl (C=O) groups is 1. The summed E-state index contributed by atoms with van der Waals surface area (Å²) in [7, 11) is 4.09. The fourth-order valence-corrected chi connectivity index (χ4v) is 2.89. The smallest absolute Gasteiger partial charge is 0.221 e. The van der Waals surface area contributed by atoms with Gasteiger partial charge in [-0.3, -0.25) is 9.69 Å². The molecule has 1 N–H and O–H groups in total. The molecular weight excluding hydrogens is 314 g/mol. The molecule has 1 heterocycles. The summed E-state index contributed by atoms with van der Waals surface area (Å²) in [6, 6.07) is 7.57. The summed E-state index contributed by atoms with van der Waals surface area (Å²) in [6.45, 7) is 4.67. The Kier molecular flexibility index (Phi) is 7.30. The zero-order valence-corrected chi connectivity index (χ0v) is 14.7. The molecule has 2 rings (SSSR count). The topological polar surface area (TPSA) is 44.8 Å². The third-order valence-corrected chi connectivity index (χ3v) is 4.25. The molecule has 1 saturated heterocycles. The van der Waals surface area contributed by atoms with Crippen molar-refractivity contribution in [1.82, 2.24) is 15.1 Å². The minimum Gasteiger partial charge on any atom is -0.374 e. The molecule has 5 nitrogen and oxygen atoms in total. The lowest BCUT2D eigenvalue weighted by Gasteiger charge is -2.34. The number of halogens is 1. The van der Waals surface area contributed by atoms with Gasteiger partial charge in [-0.15, -0.1) is 0 Å². The molecule has 1 aromatic carbocycles. The van der Waals surface area contributed by atoms with Crippen LogP contribution in [0.15, 0.2) is 24.3 Å². The summed E-state index contributed by atoms with van der Waals surface area (Å²) in [5.74, 6) is 0.0561. The van der Waals surface area contributed by atoms with E-state index in [-0.39, 0.29) is 12.0 Å². The zero-order chi connectivity index (χ0) is 16.7. The van der Waals surface area contributed by atoms with E-state index in [2.05, 4.69) is 15.1 Å². The van der Waals surface area contributed by atoms with Crippen molar-refractivity contribution in [1.29, 1.82) is 0 Å². The standard InChI is InChI=1S/C17H26ClN3O2/c1-20(2)12-15-13-21(9-10-23-15)8-7-17(22)19-11-14-5-3-4-6-16(14)18/h3-6,15H,7-13H2,1-2H3,(H,19,22)/t15-/m0/s1. The molecule has 0 saturated carbocycles. The number of nitrogens with one attached hydrogen (secondary N) is 1. The van der Waals surface area contributed by atoms with Gasteiger partial charge in [-0.1, -0.05) is 29.8 Å². The summed E-state index contributed by atoms with van der Waals surface area (Å²) in [5, 5.41) is 3.62. The van der Waals surface area contributed by atoms with Crippen molar-refractivity contribution in [2.45, 2.75) is 19.1 Å². The first-order valence-corrected chi connectivity index (χ1v) is 8.41. The van der Waals surface area contributed by atoms with Crippen LogP contribution in [0.4, 0.5) is 0 Å². The van der Waals surface area contributed by atoms with E-state index < -0.39 is 0 Å². The Balaban J connectivity index is 1.69. The second-order valence-corrected chi connectivity index (χ2v) is 6.58. The lowest BCUT2D eigenvalue weighted by Crippen LogP contribution is -2.47. The number of hydrogen-bond acceptors (Lipinski definition) is 4. The van der Waals surface area contributed by atoms with Crippen LogP contribution in [-0.2, 0) is 16.1 Å². The first-order chi connectivity index (χ1) is 11.0. The van der Waals surface area contributed by atoms with Gasteiger partial charge in [0.2, 0.25) is 5.91 Å². The van der Waals surface area contributed by atoms with Gasteiger partial charge >= 0.3 is 0 Å². The normalized spacial score (nSPS) is 19.0. The highest BCUT2D eigenvalue weighted by atomic mass is 35.5. The van der Waals surface area contributed by atoms with E-state index in [4.69, 9.17) is 16.3 Å². The minimum absolute atomic E-state index is 0.0561. The fourth-order valence-electron chi connectivity index (χ4n) is 2.68. The monoisotopic (exact) mass is 339 g/mol. The number of hydrogen-bond donors (Lipinski definition) is 1. The number of ether oxygens (including phenoxy) is 1. The zero-order valence-electron chi connectivity index (χ0n) is 13.9. The maximum absolute atomic E-state index is 12.0. The molecule has 128 valence electrons. The second kappa shape index (κ2) is 9.23. The highest BCUT2D eigenvalue weighted by Crippen LogP contribution is 2.14. The molecule has 1 fully saturated rings. The second-order valence-electron chi connectivity index (χ2n) is 6.17. The van der Waals surface area contributed by atoms with Crippen molar-refractivity contribution in [2.75, 3.05) is 46.9 Å². The molecule has 1 amide bonds. The van der Waals surface area contributed by atoms with E-state index in [1.165, 1.54) is 0 Å². The Hall–Kier alpha value is -1.14. The van der Waals surface area contributed by atoms with Crippen LogP contribution in [0.5, 0.6) is 0 Å². The Labute approximate surface area is 143 Å². The van der Waals surface area contributed by atoms with Gasteiger partial charge in [-0.2, -0.15) is 0 Å². The lowest BCUT2D eigenvalue weighted by molar-refractivity contribution is -0.122. The van der Waals surface area contributed by atoms with Gasteiger partial charge in [0.15, 0.2) is 0 Å². The van der Waals surface area contributed by atoms with Crippen LogP contribution in [-0.4, -0.2) is 68.7 Å². The number of amides is 1. The van der Waals surface area contributed by atoms with E-state index in [9.17, 15) is 4.79 Å². The van der Waals surface area contributed by atoms with Crippen molar-refractivity contribution < 1.29 is 9.53 Å². The van der Waals surface area contributed by atoms with Crippen molar-refractivity contribution in [3.63, 3.8) is 0 Å². The summed E-state index contributed by atoms with van der Waals surface area (Å²) in [5.41, 5.74) is 0.944. The number of rotatable bonds is 7. The molecule has 0 unspecified atom stereocenters. The molecule has 0 spiro atoms. The Bertz CT molecular complexity index is 510. The highest BCUT2D eigenvalue weighted by molar-refractivity contribution is 6.31. The fraction of sp³-hybridized carbons (Fsp3) is 0.588. The first kappa shape index (κ1) is 18.2. The van der Waals surface area contributed by atoms with Crippen LogP contribution in [0.2, 0.25) is 5.02 Å². The summed E-state index contributed by atoms with van der Waals surface area (Å²) in [4.78, 5) is 16.4. The SMILES string of the molecule is CN(C)C[C@H]1CN(CCC(=O)NCc2ccccc2Cl)CCO1. The van der Waals surface area contributed by atoms with Gasteiger partial charge in [0.1, 0.15) is 0 Å². The van der Waals surface area contributed by atoms with E-state index in [0.717, 1.165) is 38.3 Å². The molecule has 1 atom stereocenters. The molecule has 1 aliphatic rings. The molecule has 0 aliphatic carbocycles. The first-order valence-electron chi connectivity index (χ1n) is 8.03. The molecule has 6 heteroatoms. The summed E-state index contributed by atoms with van der Waals surface area (Å²) in [6.07, 6.45) is 0.726. The van der Waals surface area contributed by atoms with E-state index in [1.54, 1.807) is 0 Å². The van der Waals surface area contributed by atoms with Crippen LogP contribution in [0, 0.1) is 0 Å². The van der Waals surface area contributed by atoms with Gasteiger partial charge in [0, 0.05) is 44.2 Å². The molecular formula is C17H26ClN3O2. The molecule has 0 radical (unpaired) electrons. The van der Waals surface area contributed by atoms with Crippen LogP contribution in [0.1, 0.15) is 12.0 Å². The Morgan fingerprint density at radius 2 is 2.22 bits per heavy atom. The predicted octanol–water partition coefficient (Wildman–Crippen LogP) is 1.61. The van der Waals surface area contributed by atoms with E-state index in [1.807, 2.05) is 38.4 Å². The highest BCUT2D eigenvalue weighted by Gasteiger charge is 2.21. The van der Waals surface area contributed by atoms with Gasteiger partial charge in [-0.25, -0.2) is 0 Å². The third kappa shape index (κ3) is 6.47. The van der Waals surface area contributed by atoms with Crippen LogP contribution >= 0.6 is 11.6 Å². The number of carbonyl (C=O) groups excluding carboxylic acids is 1. The Morgan fingerprint density at radius 3 is 2.96 bits per heavy atom. The maximum atomic E-state index is 12.0. The Morgan fingerprint density at radius 1 is 1.43 bits per heavy atom. The van der Waals surface area contributed by atoms with Crippen LogP contribution < -0.4 is 5.32 Å². The number of morpholine rings is 1. The third-order valence-electron chi connectivity index (χ3n) is 3.88. The minimum atomic E-state index is 0.0561. The predicted molar refractivity (Wildman–Crippen MR) is 92.6 cm³/mol. The van der Waals surface area contributed by atoms with E-state index >= 15 is 0 Å². The van der Waals surface area contributed by atoms with Gasteiger partial charge in [0.05, 0.1) is 12.7 Å². The average Bonchev–Trinajstić information content (AvgIpc) is 2.52. The number of benzene rings is 1. The molecule has 0 bridgehead atoms. The molecule has 1 aliphatic heterocycles. The summed E-state index contributed by atoms with van der Waals surface area (Å²) < 4.78 is 5.75. The molecule has 1 aromatic rings. The van der Waals surface area contributed by atoms with Crippen molar-refractivity contribution >= 4 is 17.5 Å². The van der Waals surface area contributed by atoms with Gasteiger partial charge in [-0.05, 0) is 25.7 Å². The molecule has 23 heavy (non-hydrogen) atoms. The van der Waals surface area contributed by atoms with Crippen LogP contribution in [0.25, 0.3) is 0 Å². The number of likely N-dealkylation sites (N-methyl/N-ethyl adjacent to an activating group) is 1. The summed E-state index contributed by atoms with van der Waals surface area (Å²) >= 11 is 6.09. The van der Waals surface area contributed by atoms with Gasteiger partial charge in [0.25, 0.3) is 0 Å². The largest absolute Gasteiger partial charge is 0.374 e. The molecule has 0 aromatic heterocycles. The lowest BCUT2D eigenvalue weighted by atomic mass is 10.2.